The maximum Gasteiger partial charge on any atom is 0.223 e. The van der Waals surface area contributed by atoms with Crippen LogP contribution in [0.3, 0.4) is 0 Å². The van der Waals surface area contributed by atoms with Gasteiger partial charge in [-0.1, -0.05) is 6.92 Å². The Bertz CT molecular complexity index is 222. The van der Waals surface area contributed by atoms with Crippen molar-refractivity contribution in [3.8, 4) is 0 Å². The highest BCUT2D eigenvalue weighted by atomic mass is 16.2. The predicted octanol–water partition coefficient (Wildman–Crippen LogP) is 1.66. The lowest BCUT2D eigenvalue weighted by Gasteiger charge is -2.32. The molecule has 3 heteroatoms. The molecule has 1 aliphatic rings. The Morgan fingerprint density at radius 3 is 2.33 bits per heavy atom. The van der Waals surface area contributed by atoms with Crippen molar-refractivity contribution in [3.63, 3.8) is 0 Å². The summed E-state index contributed by atoms with van der Waals surface area (Å²) in [4.78, 5) is 11.9. The van der Waals surface area contributed by atoms with Crippen LogP contribution in [-0.2, 0) is 4.79 Å². The Labute approximate surface area is 92.8 Å². The standard InChI is InChI=1S/C12H24N2O/c1-8-5-9(7-10(13)6-8)11(15)14-12(2,3)4/h8-10H,5-7,13H2,1-4H3,(H,14,15). The SMILES string of the molecule is CC1CC(N)CC(C(=O)NC(C)(C)C)C1. The lowest BCUT2D eigenvalue weighted by molar-refractivity contribution is -0.128. The smallest absolute Gasteiger partial charge is 0.223 e. The van der Waals surface area contributed by atoms with Crippen molar-refractivity contribution in [3.05, 3.63) is 0 Å². The van der Waals surface area contributed by atoms with Crippen LogP contribution < -0.4 is 11.1 Å². The second kappa shape index (κ2) is 4.52. The maximum atomic E-state index is 11.9. The van der Waals surface area contributed by atoms with E-state index in [1.165, 1.54) is 0 Å². The molecule has 0 aromatic heterocycles. The molecule has 0 aliphatic heterocycles. The third-order valence-corrected chi connectivity index (χ3v) is 2.85. The molecule has 3 N–H and O–H groups in total. The molecule has 0 aromatic rings. The Morgan fingerprint density at radius 1 is 1.27 bits per heavy atom. The van der Waals surface area contributed by atoms with E-state index in [1.807, 2.05) is 20.8 Å². The van der Waals surface area contributed by atoms with Crippen molar-refractivity contribution < 1.29 is 4.79 Å². The molecule has 15 heavy (non-hydrogen) atoms. The van der Waals surface area contributed by atoms with Gasteiger partial charge in [0.15, 0.2) is 0 Å². The predicted molar refractivity (Wildman–Crippen MR) is 62.4 cm³/mol. The lowest BCUT2D eigenvalue weighted by Crippen LogP contribution is -2.47. The van der Waals surface area contributed by atoms with Gasteiger partial charge in [-0.25, -0.2) is 0 Å². The molecule has 3 nitrogen and oxygen atoms in total. The summed E-state index contributed by atoms with van der Waals surface area (Å²) in [6.07, 6.45) is 2.88. The molecule has 0 aromatic carbocycles. The molecular formula is C12H24N2O. The molecule has 0 bridgehead atoms. The van der Waals surface area contributed by atoms with Crippen molar-refractivity contribution in [2.24, 2.45) is 17.6 Å². The van der Waals surface area contributed by atoms with Crippen LogP contribution in [0.25, 0.3) is 0 Å². The fourth-order valence-corrected chi connectivity index (χ4v) is 2.34. The first kappa shape index (κ1) is 12.5. The first-order valence-corrected chi connectivity index (χ1v) is 5.85. The lowest BCUT2D eigenvalue weighted by atomic mass is 9.79. The summed E-state index contributed by atoms with van der Waals surface area (Å²) in [5, 5.41) is 3.04. The van der Waals surface area contributed by atoms with Gasteiger partial charge < -0.3 is 11.1 Å². The molecule has 1 aliphatic carbocycles. The van der Waals surface area contributed by atoms with Crippen molar-refractivity contribution in [1.82, 2.24) is 5.32 Å². The largest absolute Gasteiger partial charge is 0.351 e. The van der Waals surface area contributed by atoms with Gasteiger partial charge in [-0.05, 0) is 46.0 Å². The average Bonchev–Trinajstić information content (AvgIpc) is 1.98. The number of hydrogen-bond donors (Lipinski definition) is 2. The van der Waals surface area contributed by atoms with Gasteiger partial charge in [0.1, 0.15) is 0 Å². The Morgan fingerprint density at radius 2 is 1.87 bits per heavy atom. The zero-order valence-corrected chi connectivity index (χ0v) is 10.3. The molecule has 3 atom stereocenters. The molecule has 88 valence electrons. The zero-order chi connectivity index (χ0) is 11.6. The highest BCUT2D eigenvalue weighted by Crippen LogP contribution is 2.28. The molecule has 0 spiro atoms. The highest BCUT2D eigenvalue weighted by molar-refractivity contribution is 5.79. The minimum Gasteiger partial charge on any atom is -0.351 e. The van der Waals surface area contributed by atoms with E-state index in [4.69, 9.17) is 5.73 Å². The second-order valence-electron chi connectivity index (χ2n) is 6.01. The fourth-order valence-electron chi connectivity index (χ4n) is 2.34. The first-order valence-electron chi connectivity index (χ1n) is 5.85. The van der Waals surface area contributed by atoms with E-state index in [0.717, 1.165) is 19.3 Å². The van der Waals surface area contributed by atoms with E-state index in [0.29, 0.717) is 5.92 Å². The number of nitrogens with two attached hydrogens (primary N) is 1. The van der Waals surface area contributed by atoms with Crippen LogP contribution >= 0.6 is 0 Å². The molecule has 0 heterocycles. The fraction of sp³-hybridized carbons (Fsp3) is 0.917. The molecule has 1 amide bonds. The van der Waals surface area contributed by atoms with Crippen LogP contribution in [0.2, 0.25) is 0 Å². The van der Waals surface area contributed by atoms with E-state index in [9.17, 15) is 4.79 Å². The van der Waals surface area contributed by atoms with Crippen molar-refractivity contribution >= 4 is 5.91 Å². The van der Waals surface area contributed by atoms with Crippen LogP contribution in [0.15, 0.2) is 0 Å². The van der Waals surface area contributed by atoms with E-state index < -0.39 is 0 Å². The number of hydrogen-bond acceptors (Lipinski definition) is 2. The quantitative estimate of drug-likeness (QED) is 0.694. The van der Waals surface area contributed by atoms with E-state index in [-0.39, 0.29) is 23.4 Å². The Balaban J connectivity index is 2.52. The van der Waals surface area contributed by atoms with Gasteiger partial charge in [0.25, 0.3) is 0 Å². The van der Waals surface area contributed by atoms with Gasteiger partial charge in [0.2, 0.25) is 5.91 Å². The van der Waals surface area contributed by atoms with E-state index in [2.05, 4.69) is 12.2 Å². The van der Waals surface area contributed by atoms with Crippen LogP contribution in [0.5, 0.6) is 0 Å². The minimum absolute atomic E-state index is 0.114. The molecule has 0 saturated heterocycles. The normalized spacial score (nSPS) is 32.5. The van der Waals surface area contributed by atoms with E-state index >= 15 is 0 Å². The topological polar surface area (TPSA) is 55.1 Å². The Kier molecular flexibility index (Phi) is 3.77. The summed E-state index contributed by atoms with van der Waals surface area (Å²) in [5.74, 6) is 0.858. The van der Waals surface area contributed by atoms with Gasteiger partial charge in [-0.3, -0.25) is 4.79 Å². The number of carbonyl (C=O) groups excluding carboxylic acids is 1. The average molecular weight is 212 g/mol. The summed E-state index contributed by atoms with van der Waals surface area (Å²) >= 11 is 0. The van der Waals surface area contributed by atoms with Gasteiger partial charge in [-0.15, -0.1) is 0 Å². The van der Waals surface area contributed by atoms with Gasteiger partial charge in [0, 0.05) is 17.5 Å². The van der Waals surface area contributed by atoms with Crippen LogP contribution in [0, 0.1) is 11.8 Å². The van der Waals surface area contributed by atoms with E-state index in [1.54, 1.807) is 0 Å². The van der Waals surface area contributed by atoms with Crippen LogP contribution in [-0.4, -0.2) is 17.5 Å². The summed E-state index contributed by atoms with van der Waals surface area (Å²) in [7, 11) is 0. The number of rotatable bonds is 1. The molecule has 1 rings (SSSR count). The summed E-state index contributed by atoms with van der Waals surface area (Å²) in [6, 6.07) is 0.199. The summed E-state index contributed by atoms with van der Waals surface area (Å²) < 4.78 is 0. The van der Waals surface area contributed by atoms with Gasteiger partial charge >= 0.3 is 0 Å². The monoisotopic (exact) mass is 212 g/mol. The molecule has 1 fully saturated rings. The summed E-state index contributed by atoms with van der Waals surface area (Å²) in [6.45, 7) is 8.21. The molecular weight excluding hydrogens is 188 g/mol. The third kappa shape index (κ3) is 4.20. The second-order valence-corrected chi connectivity index (χ2v) is 6.01. The number of amides is 1. The summed E-state index contributed by atoms with van der Waals surface area (Å²) in [5.41, 5.74) is 5.80. The molecule has 1 saturated carbocycles. The zero-order valence-electron chi connectivity index (χ0n) is 10.3. The molecule has 3 unspecified atom stereocenters. The highest BCUT2D eigenvalue weighted by Gasteiger charge is 2.30. The Hall–Kier alpha value is -0.570. The number of carbonyl (C=O) groups is 1. The van der Waals surface area contributed by atoms with Crippen LogP contribution in [0.4, 0.5) is 0 Å². The molecule has 0 radical (unpaired) electrons. The van der Waals surface area contributed by atoms with Gasteiger partial charge in [0.05, 0.1) is 0 Å². The van der Waals surface area contributed by atoms with Gasteiger partial charge in [-0.2, -0.15) is 0 Å². The van der Waals surface area contributed by atoms with Crippen LogP contribution in [0.1, 0.15) is 47.0 Å². The minimum atomic E-state index is -0.137. The third-order valence-electron chi connectivity index (χ3n) is 2.85. The first-order chi connectivity index (χ1) is 6.78. The maximum absolute atomic E-state index is 11.9. The number of nitrogens with one attached hydrogen (secondary N) is 1. The van der Waals surface area contributed by atoms with Crippen molar-refractivity contribution in [1.29, 1.82) is 0 Å². The van der Waals surface area contributed by atoms with Crippen molar-refractivity contribution in [2.45, 2.75) is 58.5 Å². The van der Waals surface area contributed by atoms with Crippen molar-refractivity contribution in [2.75, 3.05) is 0 Å².